The largest absolute Gasteiger partial charge is 0.373 e. The molecule has 1 aromatic carbocycles. The van der Waals surface area contributed by atoms with Crippen molar-refractivity contribution in [3.63, 3.8) is 0 Å². The fourth-order valence-electron chi connectivity index (χ4n) is 3.61. The van der Waals surface area contributed by atoms with Crippen LogP contribution in [0.4, 0.5) is 0 Å². The molecule has 0 unspecified atom stereocenters. The number of likely N-dealkylation sites (tertiary alicyclic amines) is 1. The van der Waals surface area contributed by atoms with Gasteiger partial charge in [0.25, 0.3) is 0 Å². The van der Waals surface area contributed by atoms with E-state index in [4.69, 9.17) is 4.74 Å². The van der Waals surface area contributed by atoms with Crippen molar-refractivity contribution in [3.8, 4) is 0 Å². The van der Waals surface area contributed by atoms with Crippen molar-refractivity contribution in [2.24, 2.45) is 5.92 Å². The molecule has 0 aliphatic carbocycles. The van der Waals surface area contributed by atoms with E-state index in [1.807, 2.05) is 13.8 Å². The normalized spacial score (nSPS) is 24.2. The Morgan fingerprint density at radius 3 is 2.65 bits per heavy atom. The summed E-state index contributed by atoms with van der Waals surface area (Å²) < 4.78 is 6.13. The van der Waals surface area contributed by atoms with Crippen LogP contribution < -0.4 is 5.32 Å². The summed E-state index contributed by atoms with van der Waals surface area (Å²) in [7, 11) is 0. The number of rotatable bonds is 4. The molecule has 1 amide bonds. The monoisotopic (exact) mass is 316 g/mol. The van der Waals surface area contributed by atoms with E-state index in [9.17, 15) is 4.79 Å². The summed E-state index contributed by atoms with van der Waals surface area (Å²) in [6.07, 6.45) is 3.09. The molecule has 1 N–H and O–H groups in total. The predicted octanol–water partition coefficient (Wildman–Crippen LogP) is 2.58. The van der Waals surface area contributed by atoms with Crippen LogP contribution in [0.25, 0.3) is 0 Å². The predicted molar refractivity (Wildman–Crippen MR) is 91.0 cm³/mol. The molecule has 3 rings (SSSR count). The van der Waals surface area contributed by atoms with Gasteiger partial charge in [-0.25, -0.2) is 0 Å². The highest BCUT2D eigenvalue weighted by Gasteiger charge is 2.43. The summed E-state index contributed by atoms with van der Waals surface area (Å²) >= 11 is 0. The lowest BCUT2D eigenvalue weighted by atomic mass is 9.87. The van der Waals surface area contributed by atoms with Gasteiger partial charge < -0.3 is 10.1 Å². The Morgan fingerprint density at radius 1 is 1.30 bits per heavy atom. The lowest BCUT2D eigenvalue weighted by Gasteiger charge is -2.38. The van der Waals surface area contributed by atoms with Crippen LogP contribution in [0, 0.1) is 5.92 Å². The Kier molecular flexibility index (Phi) is 5.02. The Hall–Kier alpha value is -1.39. The molecule has 4 heteroatoms. The molecule has 2 heterocycles. The zero-order chi connectivity index (χ0) is 16.3. The average molecular weight is 316 g/mol. The van der Waals surface area contributed by atoms with Gasteiger partial charge in [-0.2, -0.15) is 0 Å². The van der Waals surface area contributed by atoms with E-state index in [1.54, 1.807) is 0 Å². The molecule has 126 valence electrons. The van der Waals surface area contributed by atoms with Gasteiger partial charge in [-0.3, -0.25) is 9.69 Å². The molecule has 1 atom stereocenters. The van der Waals surface area contributed by atoms with Crippen molar-refractivity contribution < 1.29 is 9.53 Å². The van der Waals surface area contributed by atoms with Crippen molar-refractivity contribution in [3.05, 3.63) is 35.9 Å². The Bertz CT molecular complexity index is 521. The van der Waals surface area contributed by atoms with Crippen LogP contribution in [0.15, 0.2) is 30.3 Å². The number of carbonyl (C=O) groups is 1. The number of benzene rings is 1. The van der Waals surface area contributed by atoms with Gasteiger partial charge >= 0.3 is 0 Å². The first-order valence-electron chi connectivity index (χ1n) is 8.77. The zero-order valence-electron chi connectivity index (χ0n) is 14.3. The van der Waals surface area contributed by atoms with E-state index >= 15 is 0 Å². The van der Waals surface area contributed by atoms with Gasteiger partial charge in [-0.05, 0) is 24.8 Å². The second-order valence-corrected chi connectivity index (χ2v) is 7.32. The van der Waals surface area contributed by atoms with Gasteiger partial charge in [0.1, 0.15) is 0 Å². The van der Waals surface area contributed by atoms with Crippen molar-refractivity contribution in [2.75, 3.05) is 19.7 Å². The summed E-state index contributed by atoms with van der Waals surface area (Å²) in [5, 5.41) is 3.12. The van der Waals surface area contributed by atoms with Crippen LogP contribution in [0.5, 0.6) is 0 Å². The number of nitrogens with zero attached hydrogens (tertiary/aromatic N) is 1. The van der Waals surface area contributed by atoms with E-state index in [0.717, 1.165) is 38.9 Å². The zero-order valence-corrected chi connectivity index (χ0v) is 14.3. The highest BCUT2D eigenvalue weighted by molar-refractivity contribution is 5.78. The third-order valence-corrected chi connectivity index (χ3v) is 5.10. The third-order valence-electron chi connectivity index (χ3n) is 5.10. The maximum Gasteiger partial charge on any atom is 0.222 e. The van der Waals surface area contributed by atoms with Crippen molar-refractivity contribution in [2.45, 2.75) is 51.3 Å². The van der Waals surface area contributed by atoms with Crippen molar-refractivity contribution >= 4 is 5.91 Å². The first kappa shape index (κ1) is 16.5. The Morgan fingerprint density at radius 2 is 2.00 bits per heavy atom. The SMILES string of the molecule is CC(C)C(=O)N[C@H]1COC2(CCN(Cc3ccccc3)CC2)C1. The highest BCUT2D eigenvalue weighted by atomic mass is 16.5. The Balaban J connectivity index is 1.48. The maximum atomic E-state index is 11.9. The molecule has 0 bridgehead atoms. The first-order valence-corrected chi connectivity index (χ1v) is 8.77. The molecule has 1 spiro atoms. The van der Waals surface area contributed by atoms with Crippen molar-refractivity contribution in [1.82, 2.24) is 10.2 Å². The van der Waals surface area contributed by atoms with Gasteiger partial charge in [0.2, 0.25) is 5.91 Å². The summed E-state index contributed by atoms with van der Waals surface area (Å²) in [6, 6.07) is 10.8. The first-order chi connectivity index (χ1) is 11.1. The van der Waals surface area contributed by atoms with Crippen LogP contribution in [0.2, 0.25) is 0 Å². The minimum absolute atomic E-state index is 0.0118. The van der Waals surface area contributed by atoms with E-state index in [-0.39, 0.29) is 23.5 Å². The highest BCUT2D eigenvalue weighted by Crippen LogP contribution is 2.36. The summed E-state index contributed by atoms with van der Waals surface area (Å²) in [6.45, 7) is 7.69. The van der Waals surface area contributed by atoms with Crippen LogP contribution in [0.3, 0.4) is 0 Å². The number of ether oxygens (including phenoxy) is 1. The number of piperidine rings is 1. The van der Waals surface area contributed by atoms with E-state index in [2.05, 4.69) is 40.5 Å². The average Bonchev–Trinajstić information content (AvgIpc) is 2.93. The smallest absolute Gasteiger partial charge is 0.222 e. The molecule has 2 aliphatic rings. The molecular weight excluding hydrogens is 288 g/mol. The lowest BCUT2D eigenvalue weighted by Crippen LogP contribution is -2.45. The molecule has 2 saturated heterocycles. The number of carbonyl (C=O) groups excluding carboxylic acids is 1. The topological polar surface area (TPSA) is 41.6 Å². The van der Waals surface area contributed by atoms with Crippen LogP contribution in [-0.2, 0) is 16.1 Å². The molecule has 2 aliphatic heterocycles. The fraction of sp³-hybridized carbons (Fsp3) is 0.632. The molecule has 0 aromatic heterocycles. The molecule has 23 heavy (non-hydrogen) atoms. The lowest BCUT2D eigenvalue weighted by molar-refractivity contribution is -0.124. The van der Waals surface area contributed by atoms with Crippen LogP contribution in [0.1, 0.15) is 38.7 Å². The second kappa shape index (κ2) is 7.02. The van der Waals surface area contributed by atoms with Crippen LogP contribution in [-0.4, -0.2) is 42.1 Å². The van der Waals surface area contributed by atoms with Gasteiger partial charge in [0.15, 0.2) is 0 Å². The van der Waals surface area contributed by atoms with Gasteiger partial charge in [-0.15, -0.1) is 0 Å². The molecule has 0 saturated carbocycles. The second-order valence-electron chi connectivity index (χ2n) is 7.32. The minimum atomic E-state index is -0.0118. The van der Waals surface area contributed by atoms with Gasteiger partial charge in [0, 0.05) is 25.6 Å². The number of hydrogen-bond donors (Lipinski definition) is 1. The molecule has 4 nitrogen and oxygen atoms in total. The van der Waals surface area contributed by atoms with E-state index in [0.29, 0.717) is 6.61 Å². The maximum absolute atomic E-state index is 11.9. The van der Waals surface area contributed by atoms with Gasteiger partial charge in [-0.1, -0.05) is 44.2 Å². The van der Waals surface area contributed by atoms with E-state index in [1.165, 1.54) is 5.56 Å². The number of nitrogens with one attached hydrogen (secondary N) is 1. The van der Waals surface area contributed by atoms with Crippen LogP contribution >= 0.6 is 0 Å². The summed E-state index contributed by atoms with van der Waals surface area (Å²) in [5.41, 5.74) is 1.36. The molecular formula is C19H28N2O2. The summed E-state index contributed by atoms with van der Waals surface area (Å²) in [5.74, 6) is 0.177. The molecule has 1 aromatic rings. The standard InChI is InChI=1S/C19H28N2O2/c1-15(2)18(22)20-17-12-19(23-14-17)8-10-21(11-9-19)13-16-6-4-3-5-7-16/h3-7,15,17H,8-14H2,1-2H3,(H,20,22)/t17-/m1/s1. The number of hydrogen-bond acceptors (Lipinski definition) is 3. The molecule has 0 radical (unpaired) electrons. The minimum Gasteiger partial charge on any atom is -0.373 e. The molecule has 2 fully saturated rings. The van der Waals surface area contributed by atoms with E-state index < -0.39 is 0 Å². The quantitative estimate of drug-likeness (QED) is 0.928. The van der Waals surface area contributed by atoms with Crippen molar-refractivity contribution in [1.29, 1.82) is 0 Å². The number of amides is 1. The fourth-order valence-corrected chi connectivity index (χ4v) is 3.61. The summed E-state index contributed by atoms with van der Waals surface area (Å²) in [4.78, 5) is 14.4. The third kappa shape index (κ3) is 4.12. The Labute approximate surface area is 139 Å². The van der Waals surface area contributed by atoms with Gasteiger partial charge in [0.05, 0.1) is 18.2 Å².